The van der Waals surface area contributed by atoms with Gasteiger partial charge in [0.05, 0.1) is 34.9 Å². The Morgan fingerprint density at radius 1 is 0.795 bits per heavy atom. The van der Waals surface area contributed by atoms with E-state index in [9.17, 15) is 9.59 Å². The molecular weight excluding hydrogens is 595 g/mol. The quantitative estimate of drug-likeness (QED) is 0.0469. The van der Waals surface area contributed by atoms with Gasteiger partial charge in [-0.2, -0.15) is 0 Å². The number of hydrogen-bond acceptors (Lipinski definition) is 11. The predicted octanol–water partition coefficient (Wildman–Crippen LogP) is 10.8. The number of fused-ring (bicyclic) bond motifs is 1. The van der Waals surface area contributed by atoms with Crippen molar-refractivity contribution in [2.75, 3.05) is 13.2 Å². The number of benzene rings is 2. The highest BCUT2D eigenvalue weighted by Crippen LogP contribution is 2.39. The molecule has 4 rings (SSSR count). The fourth-order valence-electron chi connectivity index (χ4n) is 4.22. The fraction of sp³-hybridized carbons (Fsp3) is 0.364. The lowest BCUT2D eigenvalue weighted by Gasteiger charge is -2.05. The summed E-state index contributed by atoms with van der Waals surface area (Å²) in [5, 5.41) is 18.5. The molecule has 0 radical (unpaired) electrons. The van der Waals surface area contributed by atoms with Gasteiger partial charge in [0.25, 0.3) is 0 Å². The van der Waals surface area contributed by atoms with Gasteiger partial charge in [-0.1, -0.05) is 86.8 Å². The highest BCUT2D eigenvalue weighted by Gasteiger charge is 2.09. The molecule has 0 saturated heterocycles. The Balaban J connectivity index is 1.21. The van der Waals surface area contributed by atoms with Crippen LogP contribution in [0.5, 0.6) is 0 Å². The minimum Gasteiger partial charge on any atom is -0.463 e. The molecule has 0 aliphatic heterocycles. The van der Waals surface area contributed by atoms with Crippen molar-refractivity contribution in [3.8, 4) is 0 Å². The van der Waals surface area contributed by atoms with Gasteiger partial charge in [-0.25, -0.2) is 14.6 Å². The van der Waals surface area contributed by atoms with Crippen molar-refractivity contribution in [3.05, 3.63) is 78.4 Å². The molecule has 230 valence electrons. The fourth-order valence-corrected chi connectivity index (χ4v) is 6.07. The van der Waals surface area contributed by atoms with E-state index in [1.807, 2.05) is 30.3 Å². The largest absolute Gasteiger partial charge is 0.463 e. The number of ether oxygens (including phenoxy) is 2. The van der Waals surface area contributed by atoms with Crippen LogP contribution in [0.2, 0.25) is 0 Å². The standard InChI is InChI=1S/C33H37N5O4S2/c1-3-5-6-7-8-9-10-21-42-32(40)25-15-19-27(20-16-25)35-37-29-23-28-31(44-29)34-33(43-28)38-36-26-17-13-24(14-18-26)12-11-22-41-30(39)4-2/h4,13-20,23H,2-3,5-12,21-22H2,1H3. The number of rotatable bonds is 18. The van der Waals surface area contributed by atoms with Crippen molar-refractivity contribution in [2.24, 2.45) is 20.5 Å². The molecule has 44 heavy (non-hydrogen) atoms. The van der Waals surface area contributed by atoms with Crippen molar-refractivity contribution in [1.29, 1.82) is 0 Å². The van der Waals surface area contributed by atoms with Gasteiger partial charge in [0.2, 0.25) is 5.13 Å². The first-order valence-corrected chi connectivity index (χ1v) is 16.6. The molecule has 0 saturated carbocycles. The SMILES string of the molecule is C=CC(=O)OCCCc1ccc(N=Nc2nc3sc(N=Nc4ccc(C(=O)OCCCCCCCCC)cc4)cc3s2)cc1. The lowest BCUT2D eigenvalue weighted by atomic mass is 10.1. The summed E-state index contributed by atoms with van der Waals surface area (Å²) in [4.78, 5) is 28.8. The van der Waals surface area contributed by atoms with Crippen LogP contribution < -0.4 is 0 Å². The molecular formula is C33H37N5O4S2. The molecule has 4 aromatic rings. The third-order valence-electron chi connectivity index (χ3n) is 6.62. The van der Waals surface area contributed by atoms with Crippen LogP contribution in [0.15, 0.2) is 87.7 Å². The summed E-state index contributed by atoms with van der Waals surface area (Å²) in [5.74, 6) is -0.714. The monoisotopic (exact) mass is 631 g/mol. The maximum Gasteiger partial charge on any atom is 0.338 e. The first-order chi connectivity index (χ1) is 21.5. The van der Waals surface area contributed by atoms with E-state index in [4.69, 9.17) is 9.47 Å². The first kappa shape index (κ1) is 32.8. The van der Waals surface area contributed by atoms with Crippen LogP contribution in [0.25, 0.3) is 9.53 Å². The van der Waals surface area contributed by atoms with E-state index in [2.05, 4.69) is 38.9 Å². The lowest BCUT2D eigenvalue weighted by molar-refractivity contribution is -0.137. The Kier molecular flexibility index (Phi) is 13.3. The first-order valence-electron chi connectivity index (χ1n) is 14.9. The molecule has 0 spiro atoms. The normalized spacial score (nSPS) is 11.5. The third-order valence-corrected chi connectivity index (χ3v) is 8.55. The average molecular weight is 632 g/mol. The van der Waals surface area contributed by atoms with Crippen LogP contribution in [-0.4, -0.2) is 30.1 Å². The summed E-state index contributed by atoms with van der Waals surface area (Å²) >= 11 is 2.86. The predicted molar refractivity (Wildman–Crippen MR) is 176 cm³/mol. The number of carbonyl (C=O) groups is 2. The Bertz CT molecular complexity index is 1530. The number of esters is 2. The van der Waals surface area contributed by atoms with Crippen LogP contribution in [0.3, 0.4) is 0 Å². The van der Waals surface area contributed by atoms with Crippen molar-refractivity contribution in [3.63, 3.8) is 0 Å². The van der Waals surface area contributed by atoms with E-state index in [-0.39, 0.29) is 5.97 Å². The average Bonchev–Trinajstić information content (AvgIpc) is 3.61. The van der Waals surface area contributed by atoms with E-state index in [0.717, 1.165) is 57.5 Å². The van der Waals surface area contributed by atoms with Crippen molar-refractivity contribution >= 4 is 65.6 Å². The Hall–Kier alpha value is -4.09. The molecule has 2 aromatic heterocycles. The van der Waals surface area contributed by atoms with E-state index in [0.29, 0.717) is 29.6 Å². The number of unbranched alkanes of at least 4 members (excludes halogenated alkanes) is 6. The van der Waals surface area contributed by atoms with E-state index in [1.54, 1.807) is 24.3 Å². The highest BCUT2D eigenvalue weighted by atomic mass is 32.1. The smallest absolute Gasteiger partial charge is 0.338 e. The molecule has 2 aromatic carbocycles. The summed E-state index contributed by atoms with van der Waals surface area (Å²) in [6, 6.07) is 16.6. The second-order valence-corrected chi connectivity index (χ2v) is 12.1. The summed E-state index contributed by atoms with van der Waals surface area (Å²) in [6.07, 6.45) is 11.0. The summed E-state index contributed by atoms with van der Waals surface area (Å²) in [7, 11) is 0. The molecule has 0 bridgehead atoms. The molecule has 0 atom stereocenters. The second-order valence-electron chi connectivity index (χ2n) is 10.1. The number of nitrogens with zero attached hydrogens (tertiary/aromatic N) is 5. The molecule has 0 N–H and O–H groups in total. The zero-order valence-electron chi connectivity index (χ0n) is 24.9. The van der Waals surface area contributed by atoms with Gasteiger partial charge in [0.15, 0.2) is 0 Å². The third kappa shape index (κ3) is 10.9. The van der Waals surface area contributed by atoms with Crippen LogP contribution in [0, 0.1) is 0 Å². The van der Waals surface area contributed by atoms with Crippen LogP contribution in [0.1, 0.15) is 74.2 Å². The summed E-state index contributed by atoms with van der Waals surface area (Å²) in [5.41, 5.74) is 3.01. The number of azo groups is 2. The van der Waals surface area contributed by atoms with Gasteiger partial charge in [0, 0.05) is 6.08 Å². The van der Waals surface area contributed by atoms with Crippen molar-refractivity contribution < 1.29 is 19.1 Å². The van der Waals surface area contributed by atoms with Gasteiger partial charge in [0.1, 0.15) is 9.83 Å². The van der Waals surface area contributed by atoms with Crippen LogP contribution >= 0.6 is 22.7 Å². The van der Waals surface area contributed by atoms with Crippen molar-refractivity contribution in [2.45, 2.75) is 64.7 Å². The number of hydrogen-bond donors (Lipinski definition) is 0. The second kappa shape index (κ2) is 17.9. The number of carbonyl (C=O) groups excluding carboxylic acids is 2. The minimum atomic E-state index is -0.403. The molecule has 0 aliphatic rings. The van der Waals surface area contributed by atoms with Gasteiger partial charge in [-0.15, -0.1) is 20.5 Å². The minimum absolute atomic E-state index is 0.310. The van der Waals surface area contributed by atoms with Crippen LogP contribution in [0.4, 0.5) is 21.5 Å². The Morgan fingerprint density at radius 2 is 1.45 bits per heavy atom. The summed E-state index contributed by atoms with van der Waals surface area (Å²) in [6.45, 7) is 6.41. The molecule has 11 heteroatoms. The van der Waals surface area contributed by atoms with Gasteiger partial charge < -0.3 is 9.47 Å². The number of thiazole rings is 1. The molecule has 0 aliphatic carbocycles. The van der Waals surface area contributed by atoms with Crippen molar-refractivity contribution in [1.82, 2.24) is 4.98 Å². The molecule has 2 heterocycles. The lowest BCUT2D eigenvalue weighted by Crippen LogP contribution is -2.06. The van der Waals surface area contributed by atoms with Crippen LogP contribution in [-0.2, 0) is 20.7 Å². The van der Waals surface area contributed by atoms with E-state index < -0.39 is 5.97 Å². The van der Waals surface area contributed by atoms with Gasteiger partial charge in [-0.05, 0) is 67.3 Å². The van der Waals surface area contributed by atoms with Gasteiger partial charge >= 0.3 is 11.9 Å². The maximum atomic E-state index is 12.3. The Morgan fingerprint density at radius 3 is 2.16 bits per heavy atom. The molecule has 0 unspecified atom stereocenters. The molecule has 0 fully saturated rings. The topological polar surface area (TPSA) is 115 Å². The maximum absolute atomic E-state index is 12.3. The summed E-state index contributed by atoms with van der Waals surface area (Å²) < 4.78 is 11.4. The molecule has 9 nitrogen and oxygen atoms in total. The number of thiophene rings is 1. The van der Waals surface area contributed by atoms with E-state index in [1.165, 1.54) is 54.8 Å². The van der Waals surface area contributed by atoms with E-state index >= 15 is 0 Å². The number of aromatic nitrogens is 1. The number of aryl methyl sites for hydroxylation is 1. The highest BCUT2D eigenvalue weighted by molar-refractivity contribution is 7.30. The molecule has 0 amide bonds. The Labute approximate surface area is 265 Å². The zero-order valence-corrected chi connectivity index (χ0v) is 26.6. The zero-order chi connectivity index (χ0) is 31.0. The van der Waals surface area contributed by atoms with Gasteiger partial charge in [-0.3, -0.25) is 0 Å².